The first-order valence-electron chi connectivity index (χ1n) is 6.59. The van der Waals surface area contributed by atoms with Crippen molar-refractivity contribution in [1.29, 1.82) is 0 Å². The van der Waals surface area contributed by atoms with E-state index in [1.807, 2.05) is 4.72 Å². The molecule has 3 N–H and O–H groups in total. The van der Waals surface area contributed by atoms with Crippen molar-refractivity contribution in [1.82, 2.24) is 10.0 Å². The first kappa shape index (κ1) is 18.2. The minimum atomic E-state index is -3.96. The summed E-state index contributed by atoms with van der Waals surface area (Å²) in [5.74, 6) is -0.863. The zero-order chi connectivity index (χ0) is 16.6. The van der Waals surface area contributed by atoms with Crippen LogP contribution in [0.25, 0.3) is 0 Å². The number of amides is 2. The van der Waals surface area contributed by atoms with Gasteiger partial charge in [0.2, 0.25) is 0 Å². The minimum Gasteiger partial charge on any atom is -0.481 e. The summed E-state index contributed by atoms with van der Waals surface area (Å²) in [7, 11) is -3.96. The van der Waals surface area contributed by atoms with Crippen molar-refractivity contribution in [3.05, 3.63) is 29.3 Å². The number of carboxylic acids is 1. The molecule has 0 saturated carbocycles. The van der Waals surface area contributed by atoms with E-state index >= 15 is 0 Å². The Hall–Kier alpha value is -1.80. The summed E-state index contributed by atoms with van der Waals surface area (Å²) >= 11 is 5.71. The lowest BCUT2D eigenvalue weighted by Gasteiger charge is -2.08. The van der Waals surface area contributed by atoms with Crippen LogP contribution < -0.4 is 10.0 Å². The molecule has 9 heteroatoms. The fourth-order valence-electron chi connectivity index (χ4n) is 1.63. The van der Waals surface area contributed by atoms with Crippen molar-refractivity contribution >= 4 is 33.6 Å². The van der Waals surface area contributed by atoms with Gasteiger partial charge < -0.3 is 10.4 Å². The highest BCUT2D eigenvalue weighted by Crippen LogP contribution is 2.14. The predicted octanol–water partition coefficient (Wildman–Crippen LogP) is 1.97. The van der Waals surface area contributed by atoms with Crippen molar-refractivity contribution in [2.45, 2.75) is 30.6 Å². The molecule has 22 heavy (non-hydrogen) atoms. The topological polar surface area (TPSA) is 113 Å². The molecule has 0 fully saturated rings. The standard InChI is InChI=1S/C13H17ClN2O5S/c14-10-5-4-6-11(9-10)22(20,21)16-13(19)15-8-3-1-2-7-12(17)18/h4-6,9H,1-3,7-8H2,(H,17,18)(H2,15,16,19). The average molecular weight is 349 g/mol. The van der Waals surface area contributed by atoms with Crippen molar-refractivity contribution in [2.24, 2.45) is 0 Å². The molecule has 0 saturated heterocycles. The van der Waals surface area contributed by atoms with E-state index in [9.17, 15) is 18.0 Å². The number of hydrogen-bond acceptors (Lipinski definition) is 4. The van der Waals surface area contributed by atoms with Gasteiger partial charge in [0, 0.05) is 18.0 Å². The average Bonchev–Trinajstić information content (AvgIpc) is 2.42. The number of hydrogen-bond donors (Lipinski definition) is 3. The van der Waals surface area contributed by atoms with Gasteiger partial charge in [0.15, 0.2) is 0 Å². The lowest BCUT2D eigenvalue weighted by Crippen LogP contribution is -2.39. The molecule has 1 aromatic carbocycles. The Labute approximate surface area is 133 Å². The molecule has 0 unspecified atom stereocenters. The van der Waals surface area contributed by atoms with E-state index in [-0.39, 0.29) is 22.9 Å². The Balaban J connectivity index is 2.37. The van der Waals surface area contributed by atoms with Gasteiger partial charge in [-0.25, -0.2) is 17.9 Å². The van der Waals surface area contributed by atoms with Crippen LogP contribution in [0.3, 0.4) is 0 Å². The largest absolute Gasteiger partial charge is 0.481 e. The molecule has 0 radical (unpaired) electrons. The summed E-state index contributed by atoms with van der Waals surface area (Å²) in [6.07, 6.45) is 1.79. The second-order valence-corrected chi connectivity index (χ2v) is 6.64. The molecule has 122 valence electrons. The highest BCUT2D eigenvalue weighted by Gasteiger charge is 2.17. The second-order valence-electron chi connectivity index (χ2n) is 4.52. The first-order chi connectivity index (χ1) is 10.3. The summed E-state index contributed by atoms with van der Waals surface area (Å²) in [6, 6.07) is 4.73. The number of halogens is 1. The van der Waals surface area contributed by atoms with E-state index in [1.54, 1.807) is 0 Å². The molecule has 0 heterocycles. The van der Waals surface area contributed by atoms with Gasteiger partial charge in [0.05, 0.1) is 4.90 Å². The molecule has 0 aliphatic rings. The number of carbonyl (C=O) groups is 2. The Morgan fingerprint density at radius 1 is 1.18 bits per heavy atom. The molecule has 0 aliphatic heterocycles. The zero-order valence-corrected chi connectivity index (χ0v) is 13.3. The third kappa shape index (κ3) is 6.77. The molecule has 1 aromatic rings. The molecule has 0 atom stereocenters. The SMILES string of the molecule is O=C(O)CCCCCNC(=O)NS(=O)(=O)c1cccc(Cl)c1. The van der Waals surface area contributed by atoms with Crippen molar-refractivity contribution in [3.8, 4) is 0 Å². The van der Waals surface area contributed by atoms with Gasteiger partial charge in [0.1, 0.15) is 0 Å². The second kappa shape index (κ2) is 8.60. The maximum absolute atomic E-state index is 11.9. The van der Waals surface area contributed by atoms with E-state index in [2.05, 4.69) is 5.32 Å². The maximum Gasteiger partial charge on any atom is 0.328 e. The van der Waals surface area contributed by atoms with E-state index in [1.165, 1.54) is 24.3 Å². The van der Waals surface area contributed by atoms with Gasteiger partial charge in [-0.1, -0.05) is 24.1 Å². The summed E-state index contributed by atoms with van der Waals surface area (Å²) < 4.78 is 25.7. The zero-order valence-electron chi connectivity index (χ0n) is 11.7. The fraction of sp³-hybridized carbons (Fsp3) is 0.385. The van der Waals surface area contributed by atoms with Crippen LogP contribution in [0.5, 0.6) is 0 Å². The first-order valence-corrected chi connectivity index (χ1v) is 8.45. The fourth-order valence-corrected chi connectivity index (χ4v) is 2.86. The summed E-state index contributed by atoms with van der Waals surface area (Å²) in [5, 5.41) is 11.1. The summed E-state index contributed by atoms with van der Waals surface area (Å²) in [4.78, 5) is 21.7. The van der Waals surface area contributed by atoms with Gasteiger partial charge in [0.25, 0.3) is 10.0 Å². The number of nitrogens with one attached hydrogen (secondary N) is 2. The summed E-state index contributed by atoms with van der Waals surface area (Å²) in [5.41, 5.74) is 0. The minimum absolute atomic E-state index is 0.0787. The van der Waals surface area contributed by atoms with Crippen LogP contribution in [0.2, 0.25) is 5.02 Å². The lowest BCUT2D eigenvalue weighted by molar-refractivity contribution is -0.137. The summed E-state index contributed by atoms with van der Waals surface area (Å²) in [6.45, 7) is 0.260. The van der Waals surface area contributed by atoms with Crippen LogP contribution in [0.4, 0.5) is 4.79 Å². The van der Waals surface area contributed by atoms with Gasteiger partial charge in [-0.05, 0) is 31.0 Å². The third-order valence-electron chi connectivity index (χ3n) is 2.69. The number of aliphatic carboxylic acids is 1. The number of carboxylic acid groups (broad SMARTS) is 1. The molecule has 0 bridgehead atoms. The number of benzene rings is 1. The molecular formula is C13H17ClN2O5S. The molecule has 2 amide bonds. The van der Waals surface area contributed by atoms with E-state index in [4.69, 9.17) is 16.7 Å². The predicted molar refractivity (Wildman–Crippen MR) is 81.3 cm³/mol. The smallest absolute Gasteiger partial charge is 0.328 e. The highest BCUT2D eigenvalue weighted by atomic mass is 35.5. The lowest BCUT2D eigenvalue weighted by atomic mass is 10.2. The van der Waals surface area contributed by atoms with Gasteiger partial charge >= 0.3 is 12.0 Å². The number of sulfonamides is 1. The molecule has 0 spiro atoms. The van der Waals surface area contributed by atoms with Gasteiger partial charge in [-0.15, -0.1) is 0 Å². The molecule has 7 nitrogen and oxygen atoms in total. The Morgan fingerprint density at radius 3 is 2.55 bits per heavy atom. The number of urea groups is 1. The normalized spacial score (nSPS) is 11.0. The maximum atomic E-state index is 11.9. The third-order valence-corrected chi connectivity index (χ3v) is 4.25. The van der Waals surface area contributed by atoms with Crippen molar-refractivity contribution in [2.75, 3.05) is 6.54 Å². The van der Waals surface area contributed by atoms with E-state index in [0.29, 0.717) is 19.3 Å². The van der Waals surface area contributed by atoms with Crippen LogP contribution >= 0.6 is 11.6 Å². The van der Waals surface area contributed by atoms with Crippen LogP contribution in [-0.2, 0) is 14.8 Å². The molecule has 0 aliphatic carbocycles. The van der Waals surface area contributed by atoms with Gasteiger partial charge in [-0.3, -0.25) is 4.79 Å². The van der Waals surface area contributed by atoms with E-state index < -0.39 is 22.0 Å². The monoisotopic (exact) mass is 348 g/mol. The van der Waals surface area contributed by atoms with Crippen LogP contribution in [0.15, 0.2) is 29.2 Å². The van der Waals surface area contributed by atoms with Gasteiger partial charge in [-0.2, -0.15) is 0 Å². The molecular weight excluding hydrogens is 332 g/mol. The number of rotatable bonds is 8. The number of unbranched alkanes of at least 4 members (excludes halogenated alkanes) is 2. The Morgan fingerprint density at radius 2 is 1.91 bits per heavy atom. The Kier molecular flexibility index (Phi) is 7.13. The van der Waals surface area contributed by atoms with Crippen LogP contribution in [0.1, 0.15) is 25.7 Å². The quantitative estimate of drug-likeness (QED) is 0.622. The van der Waals surface area contributed by atoms with Crippen molar-refractivity contribution < 1.29 is 23.1 Å². The van der Waals surface area contributed by atoms with E-state index in [0.717, 1.165) is 0 Å². The van der Waals surface area contributed by atoms with Crippen LogP contribution in [0, 0.1) is 0 Å². The Bertz CT molecular complexity index is 633. The van der Waals surface area contributed by atoms with Crippen molar-refractivity contribution in [3.63, 3.8) is 0 Å². The van der Waals surface area contributed by atoms with Crippen LogP contribution in [-0.4, -0.2) is 32.1 Å². The highest BCUT2D eigenvalue weighted by molar-refractivity contribution is 7.90. The molecule has 0 aromatic heterocycles. The number of carbonyl (C=O) groups excluding carboxylic acids is 1. The molecule has 1 rings (SSSR count).